The minimum absolute atomic E-state index is 0.704. The van der Waals surface area contributed by atoms with Crippen molar-refractivity contribution in [2.24, 2.45) is 0 Å². The first kappa shape index (κ1) is 16.0. The fourth-order valence-electron chi connectivity index (χ4n) is 3.42. The third-order valence-electron chi connectivity index (χ3n) is 4.76. The second kappa shape index (κ2) is 6.48. The fraction of sp³-hybridized carbons (Fsp3) is 0.263. The molecule has 4 heterocycles. The van der Waals surface area contributed by atoms with Crippen molar-refractivity contribution in [3.63, 3.8) is 0 Å². The monoisotopic (exact) mass is 360 g/mol. The summed E-state index contributed by atoms with van der Waals surface area (Å²) in [7, 11) is 0. The molecule has 0 spiro atoms. The van der Waals surface area contributed by atoms with Gasteiger partial charge in [-0.05, 0) is 50.2 Å². The van der Waals surface area contributed by atoms with Crippen molar-refractivity contribution in [2.45, 2.75) is 26.4 Å². The maximum atomic E-state index is 4.78. The minimum atomic E-state index is 0.704. The highest BCUT2D eigenvalue weighted by Crippen LogP contribution is 2.24. The molecule has 8 heteroatoms. The number of imidazole rings is 1. The number of hydrogen-bond donors (Lipinski definition) is 2. The number of aromatic nitrogens is 7. The van der Waals surface area contributed by atoms with Gasteiger partial charge >= 0.3 is 0 Å². The number of hydrogen-bond acceptors (Lipinski definition) is 5. The van der Waals surface area contributed by atoms with Crippen molar-refractivity contribution in [3.8, 4) is 28.6 Å². The van der Waals surface area contributed by atoms with Gasteiger partial charge in [0.15, 0.2) is 11.6 Å². The van der Waals surface area contributed by atoms with E-state index in [9.17, 15) is 0 Å². The van der Waals surface area contributed by atoms with Gasteiger partial charge in [0.05, 0.1) is 5.69 Å². The minimum Gasteiger partial charge on any atom is -0.311 e. The van der Waals surface area contributed by atoms with Crippen LogP contribution >= 0.6 is 0 Å². The highest BCUT2D eigenvalue weighted by molar-refractivity contribution is 5.59. The van der Waals surface area contributed by atoms with E-state index in [1.54, 1.807) is 0 Å². The van der Waals surface area contributed by atoms with Gasteiger partial charge in [0.2, 0.25) is 0 Å². The maximum Gasteiger partial charge on any atom is 0.181 e. The molecule has 8 nitrogen and oxygen atoms in total. The largest absolute Gasteiger partial charge is 0.311 e. The van der Waals surface area contributed by atoms with Crippen LogP contribution < -0.4 is 5.32 Å². The summed E-state index contributed by atoms with van der Waals surface area (Å²) in [6.45, 7) is 4.71. The van der Waals surface area contributed by atoms with Gasteiger partial charge in [-0.2, -0.15) is 10.2 Å². The average molecular weight is 360 g/mol. The molecule has 0 aliphatic carbocycles. The molecule has 0 unspecified atom stereocenters. The summed E-state index contributed by atoms with van der Waals surface area (Å²) in [5.41, 5.74) is 4.10. The summed E-state index contributed by atoms with van der Waals surface area (Å²) in [4.78, 5) is 8.93. The van der Waals surface area contributed by atoms with Crippen LogP contribution in [-0.2, 0) is 13.1 Å². The number of H-pyrrole nitrogens is 1. The number of rotatable bonds is 3. The summed E-state index contributed by atoms with van der Waals surface area (Å²) in [5, 5.41) is 15.3. The number of aromatic amines is 1. The maximum absolute atomic E-state index is 4.78. The lowest BCUT2D eigenvalue weighted by Gasteiger charge is -2.07. The fourth-order valence-corrected chi connectivity index (χ4v) is 3.42. The van der Waals surface area contributed by atoms with Crippen molar-refractivity contribution >= 4 is 0 Å². The Morgan fingerprint density at radius 1 is 1.15 bits per heavy atom. The van der Waals surface area contributed by atoms with Crippen LogP contribution in [0, 0.1) is 6.92 Å². The molecule has 0 bridgehead atoms. The third-order valence-corrected chi connectivity index (χ3v) is 4.76. The van der Waals surface area contributed by atoms with Crippen LogP contribution in [0.3, 0.4) is 0 Å². The first-order valence-corrected chi connectivity index (χ1v) is 9.09. The predicted molar refractivity (Wildman–Crippen MR) is 101 cm³/mol. The Bertz CT molecular complexity index is 1050. The van der Waals surface area contributed by atoms with E-state index in [4.69, 9.17) is 5.10 Å². The first-order valence-electron chi connectivity index (χ1n) is 9.09. The van der Waals surface area contributed by atoms with E-state index >= 15 is 0 Å². The Morgan fingerprint density at radius 2 is 2.04 bits per heavy atom. The molecule has 0 radical (unpaired) electrons. The Kier molecular flexibility index (Phi) is 3.83. The highest BCUT2D eigenvalue weighted by atomic mass is 15.3. The van der Waals surface area contributed by atoms with E-state index in [1.807, 2.05) is 31.5 Å². The second-order valence-electron chi connectivity index (χ2n) is 6.69. The van der Waals surface area contributed by atoms with E-state index in [-0.39, 0.29) is 0 Å². The van der Waals surface area contributed by atoms with Gasteiger partial charge in [-0.15, -0.1) is 0 Å². The summed E-state index contributed by atoms with van der Waals surface area (Å²) < 4.78 is 4.14. The second-order valence-corrected chi connectivity index (χ2v) is 6.69. The van der Waals surface area contributed by atoms with Crippen LogP contribution in [0.2, 0.25) is 0 Å². The number of nitrogens with zero attached hydrogens (tertiary/aromatic N) is 6. The van der Waals surface area contributed by atoms with Gasteiger partial charge in [0, 0.05) is 36.7 Å². The lowest BCUT2D eigenvalue weighted by atomic mass is 10.2. The predicted octanol–water partition coefficient (Wildman–Crippen LogP) is 2.32. The number of fused-ring (bicyclic) bond motifs is 1. The summed E-state index contributed by atoms with van der Waals surface area (Å²) >= 11 is 0. The van der Waals surface area contributed by atoms with E-state index in [0.717, 1.165) is 54.6 Å². The van der Waals surface area contributed by atoms with Crippen molar-refractivity contribution < 1.29 is 0 Å². The van der Waals surface area contributed by atoms with Gasteiger partial charge in [-0.1, -0.05) is 0 Å². The third kappa shape index (κ3) is 2.93. The van der Waals surface area contributed by atoms with Crippen molar-refractivity contribution in [3.05, 3.63) is 54.2 Å². The van der Waals surface area contributed by atoms with Crippen LogP contribution in [0.25, 0.3) is 28.6 Å². The molecule has 1 aliphatic heterocycles. The molecule has 3 aromatic heterocycles. The molecule has 0 saturated heterocycles. The van der Waals surface area contributed by atoms with Crippen LogP contribution in [-0.4, -0.2) is 41.1 Å². The van der Waals surface area contributed by atoms with E-state index in [0.29, 0.717) is 5.82 Å². The van der Waals surface area contributed by atoms with Crippen LogP contribution in [0.1, 0.15) is 17.9 Å². The molecule has 4 aromatic rings. The van der Waals surface area contributed by atoms with Gasteiger partial charge in [0.25, 0.3) is 0 Å². The Balaban J connectivity index is 1.48. The van der Waals surface area contributed by atoms with Gasteiger partial charge in [-0.3, -0.25) is 14.3 Å². The Morgan fingerprint density at radius 3 is 2.85 bits per heavy atom. The topological polar surface area (TPSA) is 89.2 Å². The molecule has 2 N–H and O–H groups in total. The zero-order valence-corrected chi connectivity index (χ0v) is 15.1. The average Bonchev–Trinajstić information content (AvgIpc) is 3.39. The molecule has 0 amide bonds. The lowest BCUT2D eigenvalue weighted by Crippen LogP contribution is -2.11. The SMILES string of the molecule is Cc1nc(-c2ccc(-n3ccnc3-c3cc4n(n3)CCCNC4)cc2)n[nH]1. The molecule has 0 atom stereocenters. The normalized spacial score (nSPS) is 14.1. The van der Waals surface area contributed by atoms with Crippen LogP contribution in [0.15, 0.2) is 42.7 Å². The van der Waals surface area contributed by atoms with E-state index in [1.165, 1.54) is 5.69 Å². The number of nitrogens with one attached hydrogen (secondary N) is 2. The zero-order valence-electron chi connectivity index (χ0n) is 15.1. The zero-order chi connectivity index (χ0) is 18.2. The number of benzene rings is 1. The quantitative estimate of drug-likeness (QED) is 0.585. The molecule has 1 aliphatic rings. The van der Waals surface area contributed by atoms with Crippen LogP contribution in [0.5, 0.6) is 0 Å². The summed E-state index contributed by atoms with van der Waals surface area (Å²) in [5.74, 6) is 2.35. The molecule has 27 heavy (non-hydrogen) atoms. The Labute approximate surface area is 156 Å². The highest BCUT2D eigenvalue weighted by Gasteiger charge is 2.16. The smallest absolute Gasteiger partial charge is 0.181 e. The standard InChI is InChI=1S/C19H20N8/c1-13-22-18(24-23-13)14-3-5-15(6-4-14)26-10-8-21-19(26)17-11-16-12-20-7-2-9-27(16)25-17/h3-6,8,10-11,20H,2,7,9,12H2,1H3,(H,22,23,24). The molecule has 136 valence electrons. The Hall–Kier alpha value is -3.26. The van der Waals surface area contributed by atoms with Crippen molar-refractivity contribution in [1.29, 1.82) is 0 Å². The van der Waals surface area contributed by atoms with Gasteiger partial charge in [-0.25, -0.2) is 9.97 Å². The van der Waals surface area contributed by atoms with Gasteiger partial charge in [0.1, 0.15) is 11.5 Å². The summed E-state index contributed by atoms with van der Waals surface area (Å²) in [6, 6.07) is 10.3. The molecular formula is C19H20N8. The van der Waals surface area contributed by atoms with E-state index < -0.39 is 0 Å². The van der Waals surface area contributed by atoms with E-state index in [2.05, 4.69) is 52.9 Å². The van der Waals surface area contributed by atoms with Crippen molar-refractivity contribution in [1.82, 2.24) is 39.8 Å². The molecule has 5 rings (SSSR count). The van der Waals surface area contributed by atoms with Gasteiger partial charge < -0.3 is 5.32 Å². The molecule has 0 fully saturated rings. The van der Waals surface area contributed by atoms with Crippen molar-refractivity contribution in [2.75, 3.05) is 6.54 Å². The molecule has 0 saturated carbocycles. The van der Waals surface area contributed by atoms with Crippen LogP contribution in [0.4, 0.5) is 0 Å². The molecule has 1 aromatic carbocycles. The number of aryl methyl sites for hydroxylation is 2. The summed E-state index contributed by atoms with van der Waals surface area (Å²) in [6.07, 6.45) is 4.86. The lowest BCUT2D eigenvalue weighted by molar-refractivity contribution is 0.588. The molecular weight excluding hydrogens is 340 g/mol. The first-order chi connectivity index (χ1) is 13.3.